The van der Waals surface area contributed by atoms with Crippen LogP contribution < -0.4 is 15.4 Å². The Morgan fingerprint density at radius 3 is 2.01 bits per heavy atom. The predicted molar refractivity (Wildman–Crippen MR) is 311 cm³/mol. The summed E-state index contributed by atoms with van der Waals surface area (Å²) < 4.78 is 19.2. The van der Waals surface area contributed by atoms with Gasteiger partial charge in [0.1, 0.15) is 52.4 Å². The van der Waals surface area contributed by atoms with Crippen molar-refractivity contribution in [2.75, 3.05) is 23.9 Å². The molecule has 11 rings (SSSR count). The number of ether oxygens (including phenoxy) is 3. The Morgan fingerprint density at radius 2 is 1.41 bits per heavy atom. The van der Waals surface area contributed by atoms with Crippen LogP contribution in [0.5, 0.6) is 5.75 Å². The van der Waals surface area contributed by atoms with Gasteiger partial charge in [0.15, 0.2) is 15.6 Å². The Kier molecular flexibility index (Phi) is 16.4. The third kappa shape index (κ3) is 11.6. The maximum Gasteiger partial charge on any atom is 0.357 e. The molecule has 3 atom stereocenters. The second-order valence-corrected chi connectivity index (χ2v) is 22.5. The highest BCUT2D eigenvalue weighted by Crippen LogP contribution is 2.44. The minimum atomic E-state index is -1.57. The van der Waals surface area contributed by atoms with E-state index in [1.807, 2.05) is 121 Å². The molecule has 0 spiro atoms. The van der Waals surface area contributed by atoms with Gasteiger partial charge in [-0.2, -0.15) is 0 Å². The number of rotatable bonds is 21. The van der Waals surface area contributed by atoms with Crippen molar-refractivity contribution in [3.63, 3.8) is 0 Å². The van der Waals surface area contributed by atoms with Crippen molar-refractivity contribution in [2.45, 2.75) is 40.1 Å². The first-order valence-electron chi connectivity index (χ1n) is 25.3. The lowest BCUT2D eigenvalue weighted by Gasteiger charge is -2.49. The number of thiazole rings is 2. The molecule has 0 saturated carbocycles. The number of hydrogen-bond acceptors (Lipinski definition) is 17. The minimum Gasteiger partial charge on any atom is -0.497 e. The van der Waals surface area contributed by atoms with Gasteiger partial charge in [-0.3, -0.25) is 19.5 Å². The van der Waals surface area contributed by atoms with Crippen molar-refractivity contribution < 1.29 is 38.2 Å². The molecule has 1 fully saturated rings. The molecule has 15 nitrogen and oxygen atoms in total. The van der Waals surface area contributed by atoms with E-state index in [0.29, 0.717) is 39.1 Å². The molecule has 1 saturated heterocycles. The largest absolute Gasteiger partial charge is 0.497 e. The molecule has 19 heteroatoms. The van der Waals surface area contributed by atoms with Crippen LogP contribution in [0.1, 0.15) is 51.3 Å². The summed E-state index contributed by atoms with van der Waals surface area (Å²) in [4.78, 5) is 78.0. The number of carbonyl (C=O) groups excluding carboxylic acids is 4. The molecule has 2 aliphatic heterocycles. The first-order chi connectivity index (χ1) is 39.2. The van der Waals surface area contributed by atoms with Gasteiger partial charge in [-0.25, -0.2) is 19.6 Å². The Morgan fingerprint density at radius 1 is 0.800 bits per heavy atom. The third-order valence-corrected chi connectivity index (χ3v) is 17.7. The Bertz CT molecular complexity index is 3520. The van der Waals surface area contributed by atoms with Crippen LogP contribution in [0.25, 0.3) is 10.2 Å². The number of amides is 2. The summed E-state index contributed by atoms with van der Waals surface area (Å²) in [5.74, 6) is -1.40. The van der Waals surface area contributed by atoms with Crippen LogP contribution in [-0.2, 0) is 45.6 Å². The Labute approximate surface area is 477 Å². The summed E-state index contributed by atoms with van der Waals surface area (Å²) in [6, 6.07) is 56.8. The van der Waals surface area contributed by atoms with Gasteiger partial charge in [0.2, 0.25) is 0 Å². The lowest BCUT2D eigenvalue weighted by molar-refractivity contribution is -0.162. The van der Waals surface area contributed by atoms with Gasteiger partial charge in [-0.15, -0.1) is 34.4 Å². The number of carbonyl (C=O) groups is 4. The minimum absolute atomic E-state index is 0.0453. The number of fused-ring (bicyclic) bond motifs is 2. The summed E-state index contributed by atoms with van der Waals surface area (Å²) in [7, 11) is 1.57. The van der Waals surface area contributed by atoms with Crippen LogP contribution in [0.4, 0.5) is 5.13 Å². The number of nitrogens with one attached hydrogen (secondary N) is 2. The molecule has 3 aromatic heterocycles. The summed E-state index contributed by atoms with van der Waals surface area (Å²) >= 11 is 5.64. The second kappa shape index (κ2) is 24.6. The summed E-state index contributed by atoms with van der Waals surface area (Å²) in [5, 5.41) is 12.1. The number of methoxy groups -OCH3 is 1. The molecular formula is C61H49N7O8S4. The molecule has 6 aromatic carbocycles. The van der Waals surface area contributed by atoms with Crippen LogP contribution in [0.2, 0.25) is 0 Å². The van der Waals surface area contributed by atoms with Gasteiger partial charge in [0.25, 0.3) is 17.9 Å². The van der Waals surface area contributed by atoms with E-state index < -0.39 is 52.9 Å². The summed E-state index contributed by atoms with van der Waals surface area (Å²) in [5.41, 5.74) is 5.80. The van der Waals surface area contributed by atoms with Crippen LogP contribution in [0.15, 0.2) is 221 Å². The molecule has 400 valence electrons. The Hall–Kier alpha value is -8.62. The van der Waals surface area contributed by atoms with Crippen LogP contribution in [-0.4, -0.2) is 79.9 Å². The maximum atomic E-state index is 14.7. The number of anilines is 1. The number of β-lactam (4-membered cyclic amide) rings is 1. The monoisotopic (exact) mass is 1140 g/mol. The zero-order chi connectivity index (χ0) is 54.8. The maximum absolute atomic E-state index is 14.7. The van der Waals surface area contributed by atoms with Gasteiger partial charge in [-0.1, -0.05) is 181 Å². The van der Waals surface area contributed by atoms with Crippen LogP contribution in [0.3, 0.4) is 0 Å². The predicted octanol–water partition coefficient (Wildman–Crippen LogP) is 11.1. The van der Waals surface area contributed by atoms with E-state index in [1.165, 1.54) is 51.1 Å². The van der Waals surface area contributed by atoms with E-state index in [0.717, 1.165) is 43.0 Å². The van der Waals surface area contributed by atoms with E-state index in [4.69, 9.17) is 29.0 Å². The second-order valence-electron chi connectivity index (χ2n) is 18.3. The van der Waals surface area contributed by atoms with Crippen molar-refractivity contribution in [3.8, 4) is 5.75 Å². The molecule has 0 bridgehead atoms. The van der Waals surface area contributed by atoms with E-state index in [-0.39, 0.29) is 18.0 Å². The summed E-state index contributed by atoms with van der Waals surface area (Å²) in [6.45, 7) is -0.0453. The first kappa shape index (κ1) is 53.4. The zero-order valence-corrected chi connectivity index (χ0v) is 46.0. The lowest BCUT2D eigenvalue weighted by atomic mass is 9.77. The fourth-order valence-electron chi connectivity index (χ4n) is 9.41. The zero-order valence-electron chi connectivity index (χ0n) is 42.7. The Balaban J connectivity index is 0.847. The fourth-order valence-corrected chi connectivity index (χ4v) is 13.7. The summed E-state index contributed by atoms with van der Waals surface area (Å²) in [6.07, 6.45) is 1.87. The van der Waals surface area contributed by atoms with E-state index in [2.05, 4.69) is 57.2 Å². The normalized spacial score (nSPS) is 15.5. The van der Waals surface area contributed by atoms with Crippen molar-refractivity contribution in [1.29, 1.82) is 0 Å². The molecule has 2 N–H and O–H groups in total. The average molecular weight is 1140 g/mol. The first-order valence-corrected chi connectivity index (χ1v) is 29.0. The van der Waals surface area contributed by atoms with Gasteiger partial charge >= 0.3 is 11.9 Å². The molecule has 9 aromatic rings. The highest BCUT2D eigenvalue weighted by atomic mass is 32.2. The SMILES string of the molecule is COc1ccc(COC(=O)C2=C(CSc3nc4cnccc4s3)CSC3C(NC(=O)/C=N\OC(C(=O)OC(c4ccccc4)c4ccccc4)c4csc(NC(c5ccccc5)(c5ccccc5)c5ccccc5)n4)C(=O)N23)cc1. The van der Waals surface area contributed by atoms with Gasteiger partial charge in [0, 0.05) is 23.1 Å². The van der Waals surface area contributed by atoms with E-state index in [9.17, 15) is 19.2 Å². The number of pyridine rings is 1. The molecular weight excluding hydrogens is 1090 g/mol. The third-order valence-electron chi connectivity index (χ3n) is 13.3. The highest BCUT2D eigenvalue weighted by Gasteiger charge is 2.54. The molecule has 3 unspecified atom stereocenters. The van der Waals surface area contributed by atoms with E-state index in [1.54, 1.807) is 49.1 Å². The molecule has 80 heavy (non-hydrogen) atoms. The molecule has 5 heterocycles. The molecule has 2 amide bonds. The molecule has 0 radical (unpaired) electrons. The van der Waals surface area contributed by atoms with Gasteiger partial charge < -0.3 is 29.7 Å². The molecule has 2 aliphatic rings. The van der Waals surface area contributed by atoms with E-state index >= 15 is 0 Å². The van der Waals surface area contributed by atoms with Crippen LogP contribution in [0, 0.1) is 0 Å². The topological polar surface area (TPSA) is 184 Å². The fraction of sp³-hybridized carbons (Fsp3) is 0.148. The number of thioether (sulfide) groups is 2. The van der Waals surface area contributed by atoms with Crippen LogP contribution >= 0.6 is 46.2 Å². The number of nitrogens with zero attached hydrogens (tertiary/aromatic N) is 5. The van der Waals surface area contributed by atoms with Gasteiger partial charge in [0.05, 0.1) is 18.0 Å². The number of esters is 2. The standard InChI is InChI=1S/C61H49N7O8S4/c1-73-46-29-27-39(28-30-46)35-74-57(71)52-42(37-79-60-65-47-33-62-32-31-49(47)80-60)36-77-56-51(55(70)68(52)56)66-50(69)34-63-76-54(58(72)75-53(40-17-7-2-8-18-40)41-19-9-3-10-20-41)48-38-78-59(64-48)67-61(43-21-11-4-12-22-43,44-23-13-5-14-24-44)45-25-15-6-16-26-45/h2-34,38,51,53-54,56H,35-37H2,1H3,(H,64,67)(H,66,69)/b63-34-. The lowest BCUT2D eigenvalue weighted by Crippen LogP contribution is -2.70. The number of benzene rings is 6. The number of aromatic nitrogens is 3. The van der Waals surface area contributed by atoms with Crippen molar-refractivity contribution >= 4 is 91.5 Å². The number of hydrogen-bond donors (Lipinski definition) is 2. The number of oxime groups is 1. The quantitative estimate of drug-likeness (QED) is 0.0173. The van der Waals surface area contributed by atoms with Gasteiger partial charge in [-0.05, 0) is 57.2 Å². The van der Waals surface area contributed by atoms with Crippen molar-refractivity contribution in [3.05, 3.63) is 250 Å². The molecule has 0 aliphatic carbocycles. The van der Waals surface area contributed by atoms with Crippen molar-refractivity contribution in [2.24, 2.45) is 5.16 Å². The smallest absolute Gasteiger partial charge is 0.357 e. The highest BCUT2D eigenvalue weighted by molar-refractivity contribution is 8.02. The van der Waals surface area contributed by atoms with Crippen molar-refractivity contribution in [1.82, 2.24) is 25.2 Å². The average Bonchev–Trinajstić information content (AvgIpc) is 4.03.